The molecule has 2 N–H and O–H groups in total. The molecule has 0 aromatic rings. The van der Waals surface area contributed by atoms with Gasteiger partial charge >= 0.3 is 0 Å². The van der Waals surface area contributed by atoms with Crippen LogP contribution >= 0.6 is 0 Å². The molecule has 0 aliphatic heterocycles. The monoisotopic (exact) mass is 286 g/mol. The minimum absolute atomic E-state index is 0.0812. The van der Waals surface area contributed by atoms with Crippen molar-refractivity contribution >= 4 is 0 Å². The third-order valence-electron chi connectivity index (χ3n) is 4.25. The maximum Gasteiger partial charge on any atom is 0.0773 e. The van der Waals surface area contributed by atoms with Crippen LogP contribution in [0.3, 0.4) is 0 Å². The van der Waals surface area contributed by atoms with Crippen molar-refractivity contribution in [2.24, 2.45) is 5.92 Å². The van der Waals surface area contributed by atoms with Gasteiger partial charge in [0, 0.05) is 0 Å². The van der Waals surface area contributed by atoms with E-state index in [4.69, 9.17) is 5.11 Å². The van der Waals surface area contributed by atoms with Crippen LogP contribution in [-0.2, 0) is 0 Å². The summed E-state index contributed by atoms with van der Waals surface area (Å²) in [7, 11) is 0. The first-order chi connectivity index (χ1) is 9.74. The minimum Gasteiger partial charge on any atom is -0.394 e. The molecule has 0 radical (unpaired) electrons. The zero-order chi connectivity index (χ0) is 15.1. The highest BCUT2D eigenvalue weighted by Crippen LogP contribution is 2.23. The van der Waals surface area contributed by atoms with Crippen molar-refractivity contribution in [2.75, 3.05) is 6.61 Å². The lowest BCUT2D eigenvalue weighted by Gasteiger charge is -2.19. The summed E-state index contributed by atoms with van der Waals surface area (Å²) in [5, 5.41) is 18.7. The normalized spacial score (nSPS) is 13.1. The fourth-order valence-electron chi connectivity index (χ4n) is 2.91. The standard InChI is InChI=1S/C18H38O2/c1-3-5-7-9-11-13-17(15-18(20)16-19)14-12-10-8-6-4-2/h17-20H,3-16H2,1-2H3. The number of hydrogen-bond donors (Lipinski definition) is 2. The van der Waals surface area contributed by atoms with Crippen molar-refractivity contribution in [3.63, 3.8) is 0 Å². The third kappa shape index (κ3) is 12.9. The molecule has 0 rings (SSSR count). The fourth-order valence-corrected chi connectivity index (χ4v) is 2.91. The van der Waals surface area contributed by atoms with E-state index in [1.807, 2.05) is 0 Å². The van der Waals surface area contributed by atoms with E-state index in [0.29, 0.717) is 5.92 Å². The Morgan fingerprint density at radius 3 is 1.55 bits per heavy atom. The Morgan fingerprint density at radius 1 is 0.700 bits per heavy atom. The molecule has 0 heterocycles. The van der Waals surface area contributed by atoms with Crippen LogP contribution in [-0.4, -0.2) is 22.9 Å². The van der Waals surface area contributed by atoms with E-state index < -0.39 is 6.10 Å². The molecule has 0 aromatic carbocycles. The van der Waals surface area contributed by atoms with Crippen LogP contribution in [0.5, 0.6) is 0 Å². The lowest BCUT2D eigenvalue weighted by molar-refractivity contribution is 0.0705. The first kappa shape index (κ1) is 19.9. The number of rotatable bonds is 15. The largest absolute Gasteiger partial charge is 0.394 e. The molecule has 2 heteroatoms. The van der Waals surface area contributed by atoms with Gasteiger partial charge in [-0.25, -0.2) is 0 Å². The predicted molar refractivity (Wildman–Crippen MR) is 88.0 cm³/mol. The summed E-state index contributed by atoms with van der Waals surface area (Å²) in [5.41, 5.74) is 0. The Labute approximate surface area is 127 Å². The molecule has 0 aliphatic carbocycles. The summed E-state index contributed by atoms with van der Waals surface area (Å²) in [4.78, 5) is 0. The highest BCUT2D eigenvalue weighted by Gasteiger charge is 2.13. The van der Waals surface area contributed by atoms with Crippen molar-refractivity contribution in [2.45, 2.75) is 103 Å². The number of aliphatic hydroxyl groups is 2. The van der Waals surface area contributed by atoms with Crippen molar-refractivity contribution in [3.8, 4) is 0 Å². The molecule has 0 saturated heterocycles. The van der Waals surface area contributed by atoms with Gasteiger partial charge in [-0.1, -0.05) is 90.9 Å². The van der Waals surface area contributed by atoms with Crippen LogP contribution in [0.25, 0.3) is 0 Å². The fraction of sp³-hybridized carbons (Fsp3) is 1.00. The lowest BCUT2D eigenvalue weighted by atomic mass is 9.89. The van der Waals surface area contributed by atoms with E-state index in [1.54, 1.807) is 0 Å². The average Bonchev–Trinajstić information content (AvgIpc) is 2.46. The molecule has 20 heavy (non-hydrogen) atoms. The van der Waals surface area contributed by atoms with Crippen LogP contribution in [0.1, 0.15) is 97.3 Å². The van der Waals surface area contributed by atoms with Gasteiger partial charge in [0.2, 0.25) is 0 Å². The van der Waals surface area contributed by atoms with Gasteiger partial charge in [-0.15, -0.1) is 0 Å². The van der Waals surface area contributed by atoms with Gasteiger partial charge in [-0.05, 0) is 12.3 Å². The second-order valence-corrected chi connectivity index (χ2v) is 6.34. The van der Waals surface area contributed by atoms with Crippen LogP contribution < -0.4 is 0 Å². The summed E-state index contributed by atoms with van der Waals surface area (Å²) in [5.74, 6) is 0.611. The maximum atomic E-state index is 9.66. The van der Waals surface area contributed by atoms with Gasteiger partial charge in [0.05, 0.1) is 12.7 Å². The molecule has 0 amide bonds. The molecule has 122 valence electrons. The van der Waals surface area contributed by atoms with E-state index in [1.165, 1.54) is 77.0 Å². The molecule has 0 fully saturated rings. The van der Waals surface area contributed by atoms with Gasteiger partial charge in [-0.3, -0.25) is 0 Å². The molecule has 0 aromatic heterocycles. The molecule has 1 atom stereocenters. The Morgan fingerprint density at radius 2 is 1.15 bits per heavy atom. The van der Waals surface area contributed by atoms with Crippen molar-refractivity contribution < 1.29 is 10.2 Å². The van der Waals surface area contributed by atoms with E-state index in [9.17, 15) is 5.11 Å². The first-order valence-corrected chi connectivity index (χ1v) is 9.03. The lowest BCUT2D eigenvalue weighted by Crippen LogP contribution is -2.17. The molecule has 0 bridgehead atoms. The minimum atomic E-state index is -0.508. The molecule has 0 saturated carbocycles. The molecule has 1 unspecified atom stereocenters. The van der Waals surface area contributed by atoms with Crippen molar-refractivity contribution in [1.82, 2.24) is 0 Å². The van der Waals surface area contributed by atoms with Crippen LogP contribution in [0.2, 0.25) is 0 Å². The molecule has 0 aliphatic rings. The smallest absolute Gasteiger partial charge is 0.0773 e. The van der Waals surface area contributed by atoms with Gasteiger partial charge < -0.3 is 10.2 Å². The molecular weight excluding hydrogens is 248 g/mol. The van der Waals surface area contributed by atoms with E-state index >= 15 is 0 Å². The summed E-state index contributed by atoms with van der Waals surface area (Å²) in [6, 6.07) is 0. The highest BCUT2D eigenvalue weighted by atomic mass is 16.3. The Bertz CT molecular complexity index is 168. The van der Waals surface area contributed by atoms with Crippen LogP contribution in [0, 0.1) is 5.92 Å². The number of unbranched alkanes of at least 4 members (excludes halogenated alkanes) is 8. The van der Waals surface area contributed by atoms with Crippen LogP contribution in [0.15, 0.2) is 0 Å². The van der Waals surface area contributed by atoms with E-state index in [0.717, 1.165) is 6.42 Å². The van der Waals surface area contributed by atoms with Crippen molar-refractivity contribution in [1.29, 1.82) is 0 Å². The zero-order valence-electron chi connectivity index (χ0n) is 13.9. The summed E-state index contributed by atoms with van der Waals surface area (Å²) < 4.78 is 0. The SMILES string of the molecule is CCCCCCCC(CCCCCCC)CC(O)CO. The summed E-state index contributed by atoms with van der Waals surface area (Å²) in [6.45, 7) is 4.41. The maximum absolute atomic E-state index is 9.66. The Kier molecular flexibility index (Phi) is 15.3. The summed E-state index contributed by atoms with van der Waals surface area (Å²) in [6.07, 6.45) is 16.0. The molecule has 2 nitrogen and oxygen atoms in total. The second kappa shape index (κ2) is 15.3. The highest BCUT2D eigenvalue weighted by molar-refractivity contribution is 4.66. The molecular formula is C18H38O2. The van der Waals surface area contributed by atoms with Gasteiger partial charge in [-0.2, -0.15) is 0 Å². The number of hydrogen-bond acceptors (Lipinski definition) is 2. The van der Waals surface area contributed by atoms with Gasteiger partial charge in [0.1, 0.15) is 0 Å². The Hall–Kier alpha value is -0.0800. The van der Waals surface area contributed by atoms with Gasteiger partial charge in [0.25, 0.3) is 0 Å². The molecule has 0 spiro atoms. The third-order valence-corrected chi connectivity index (χ3v) is 4.25. The quantitative estimate of drug-likeness (QED) is 0.413. The van der Waals surface area contributed by atoms with E-state index in [2.05, 4.69) is 13.8 Å². The topological polar surface area (TPSA) is 40.5 Å². The van der Waals surface area contributed by atoms with Gasteiger partial charge in [0.15, 0.2) is 0 Å². The van der Waals surface area contributed by atoms with E-state index in [-0.39, 0.29) is 6.61 Å². The average molecular weight is 286 g/mol. The summed E-state index contributed by atoms with van der Waals surface area (Å²) >= 11 is 0. The second-order valence-electron chi connectivity index (χ2n) is 6.34. The van der Waals surface area contributed by atoms with Crippen molar-refractivity contribution in [3.05, 3.63) is 0 Å². The Balaban J connectivity index is 3.76. The number of aliphatic hydroxyl groups excluding tert-OH is 2. The first-order valence-electron chi connectivity index (χ1n) is 9.03. The van der Waals surface area contributed by atoms with Crippen LogP contribution in [0.4, 0.5) is 0 Å². The zero-order valence-corrected chi connectivity index (χ0v) is 13.9. The predicted octanol–water partition coefficient (Wildman–Crippen LogP) is 5.07.